The van der Waals surface area contributed by atoms with Crippen LogP contribution < -0.4 is 0 Å². The first kappa shape index (κ1) is 20.7. The largest absolute Gasteiger partial charge is 0.309 e. The van der Waals surface area contributed by atoms with Crippen molar-refractivity contribution in [3.05, 3.63) is 140 Å². The summed E-state index contributed by atoms with van der Waals surface area (Å²) in [6.45, 7) is 0. The molecule has 0 atom stereocenters. The molecule has 3 heterocycles. The van der Waals surface area contributed by atoms with Crippen molar-refractivity contribution in [1.82, 2.24) is 13.7 Å². The third-order valence-corrected chi connectivity index (χ3v) is 8.20. The Kier molecular flexibility index (Phi) is 4.05. The lowest BCUT2D eigenvalue weighted by Gasteiger charge is -2.13. The fraction of sp³-hybridized carbons (Fsp3) is 0. The van der Waals surface area contributed by atoms with Gasteiger partial charge >= 0.3 is 0 Å². The molecule has 0 aliphatic heterocycles. The Morgan fingerprint density at radius 3 is 1.31 bits per heavy atom. The molecular weight excluding hydrogens is 474 g/mol. The maximum Gasteiger partial charge on any atom is 0.0563 e. The molecule has 6 aromatic carbocycles. The molecule has 3 nitrogen and oxygen atoms in total. The molecule has 39 heavy (non-hydrogen) atoms. The molecule has 0 saturated heterocycles. The summed E-state index contributed by atoms with van der Waals surface area (Å²) in [5.74, 6) is 0. The van der Waals surface area contributed by atoms with E-state index in [4.69, 9.17) is 0 Å². The van der Waals surface area contributed by atoms with Gasteiger partial charge in [0.2, 0.25) is 0 Å². The molecule has 0 fully saturated rings. The van der Waals surface area contributed by atoms with E-state index >= 15 is 0 Å². The summed E-state index contributed by atoms with van der Waals surface area (Å²) in [5, 5.41) is 5.17. The molecule has 9 rings (SSSR count). The molecule has 182 valence electrons. The summed E-state index contributed by atoms with van der Waals surface area (Å²) in [7, 11) is 0. The highest BCUT2D eigenvalue weighted by atomic mass is 15.0. The predicted molar refractivity (Wildman–Crippen MR) is 163 cm³/mol. The maximum atomic E-state index is 2.44. The van der Waals surface area contributed by atoms with Crippen molar-refractivity contribution in [2.75, 3.05) is 0 Å². The molecule has 9 aromatic rings. The lowest BCUT2D eigenvalue weighted by molar-refractivity contribution is 1.15. The van der Waals surface area contributed by atoms with Gasteiger partial charge in [-0.15, -0.1) is 0 Å². The lowest BCUT2D eigenvalue weighted by Crippen LogP contribution is -1.98. The molecular formula is C36H23N3. The van der Waals surface area contributed by atoms with Crippen LogP contribution in [-0.4, -0.2) is 13.7 Å². The van der Waals surface area contributed by atoms with E-state index < -0.39 is 0 Å². The molecule has 0 amide bonds. The van der Waals surface area contributed by atoms with E-state index in [0.717, 1.165) is 0 Å². The average molecular weight is 498 g/mol. The van der Waals surface area contributed by atoms with Crippen LogP contribution >= 0.6 is 0 Å². The van der Waals surface area contributed by atoms with Crippen LogP contribution in [-0.2, 0) is 0 Å². The molecule has 0 spiro atoms. The van der Waals surface area contributed by atoms with Crippen LogP contribution in [0.5, 0.6) is 0 Å². The molecule has 0 aliphatic rings. The topological polar surface area (TPSA) is 14.8 Å². The van der Waals surface area contributed by atoms with Crippen LogP contribution in [0.4, 0.5) is 0 Å². The number of hydrogen-bond acceptors (Lipinski definition) is 0. The minimum absolute atomic E-state index is 1.17. The first-order valence-corrected chi connectivity index (χ1v) is 13.4. The second-order valence-electron chi connectivity index (χ2n) is 10.2. The Bertz CT molecular complexity index is 2250. The van der Waals surface area contributed by atoms with Crippen LogP contribution in [0.25, 0.3) is 71.7 Å². The van der Waals surface area contributed by atoms with Gasteiger partial charge in [0.15, 0.2) is 0 Å². The van der Waals surface area contributed by atoms with E-state index in [1.54, 1.807) is 0 Å². The number of fused-ring (bicyclic) bond motifs is 3. The van der Waals surface area contributed by atoms with Gasteiger partial charge in [-0.1, -0.05) is 72.8 Å². The van der Waals surface area contributed by atoms with Crippen LogP contribution in [0.15, 0.2) is 140 Å². The summed E-state index contributed by atoms with van der Waals surface area (Å²) in [6, 6.07) is 50.4. The normalized spacial score (nSPS) is 12.1. The monoisotopic (exact) mass is 497 g/mol. The van der Waals surface area contributed by atoms with Gasteiger partial charge in [-0.2, -0.15) is 0 Å². The molecule has 0 radical (unpaired) electrons. The highest BCUT2D eigenvalue weighted by Crippen LogP contribution is 2.43. The Morgan fingerprint density at radius 1 is 0.282 bits per heavy atom. The van der Waals surface area contributed by atoms with E-state index in [2.05, 4.69) is 153 Å². The van der Waals surface area contributed by atoms with Crippen LogP contribution in [0, 0.1) is 0 Å². The van der Waals surface area contributed by atoms with Gasteiger partial charge < -0.3 is 13.7 Å². The number of hydrogen-bond donors (Lipinski definition) is 0. The smallest absolute Gasteiger partial charge is 0.0563 e. The van der Waals surface area contributed by atoms with Gasteiger partial charge in [0.05, 0.1) is 33.1 Å². The summed E-state index contributed by atoms with van der Waals surface area (Å²) in [6.07, 6.45) is 0. The fourth-order valence-corrected chi connectivity index (χ4v) is 6.66. The van der Waals surface area contributed by atoms with Gasteiger partial charge in [0, 0.05) is 38.6 Å². The van der Waals surface area contributed by atoms with Crippen molar-refractivity contribution < 1.29 is 0 Å². The average Bonchev–Trinajstić information content (AvgIpc) is 3.64. The highest BCUT2D eigenvalue weighted by molar-refractivity contribution is 6.25. The van der Waals surface area contributed by atoms with Gasteiger partial charge in [0.1, 0.15) is 0 Å². The van der Waals surface area contributed by atoms with Crippen molar-refractivity contribution >= 4 is 54.6 Å². The molecule has 0 unspecified atom stereocenters. The highest BCUT2D eigenvalue weighted by Gasteiger charge is 2.22. The van der Waals surface area contributed by atoms with Gasteiger partial charge in [-0.3, -0.25) is 0 Å². The summed E-state index contributed by atoms with van der Waals surface area (Å²) >= 11 is 0. The second-order valence-corrected chi connectivity index (χ2v) is 10.2. The molecule has 0 bridgehead atoms. The molecule has 0 N–H and O–H groups in total. The van der Waals surface area contributed by atoms with Crippen LogP contribution in [0.2, 0.25) is 0 Å². The van der Waals surface area contributed by atoms with Crippen LogP contribution in [0.1, 0.15) is 0 Å². The van der Waals surface area contributed by atoms with Crippen LogP contribution in [0.3, 0.4) is 0 Å². The fourth-order valence-electron chi connectivity index (χ4n) is 6.66. The third-order valence-electron chi connectivity index (χ3n) is 8.20. The zero-order chi connectivity index (χ0) is 25.5. The van der Waals surface area contributed by atoms with E-state index in [9.17, 15) is 0 Å². The Balaban J connectivity index is 1.39. The van der Waals surface area contributed by atoms with E-state index in [1.165, 1.54) is 71.7 Å². The van der Waals surface area contributed by atoms with Crippen molar-refractivity contribution in [3.63, 3.8) is 0 Å². The van der Waals surface area contributed by atoms with E-state index in [0.29, 0.717) is 0 Å². The van der Waals surface area contributed by atoms with Crippen molar-refractivity contribution in [3.8, 4) is 17.1 Å². The number of para-hydroxylation sites is 3. The second kappa shape index (κ2) is 7.62. The van der Waals surface area contributed by atoms with E-state index in [1.807, 2.05) is 0 Å². The number of rotatable bonds is 3. The zero-order valence-electron chi connectivity index (χ0n) is 21.1. The van der Waals surface area contributed by atoms with Gasteiger partial charge in [0.25, 0.3) is 0 Å². The zero-order valence-corrected chi connectivity index (χ0v) is 21.1. The number of benzene rings is 6. The van der Waals surface area contributed by atoms with Crippen molar-refractivity contribution in [1.29, 1.82) is 0 Å². The minimum atomic E-state index is 1.17. The summed E-state index contributed by atoms with van der Waals surface area (Å²) in [4.78, 5) is 0. The first-order valence-electron chi connectivity index (χ1n) is 13.4. The van der Waals surface area contributed by atoms with Gasteiger partial charge in [-0.25, -0.2) is 0 Å². The quantitative estimate of drug-likeness (QED) is 0.231. The van der Waals surface area contributed by atoms with E-state index in [-0.39, 0.29) is 0 Å². The SMILES string of the molecule is c1ccc(-n2c3ccccc3c3ccc(-n4c5cccc6c5c5c(cccc54)n6-c4ccccc4)cc32)cc1. The number of aromatic nitrogens is 3. The third kappa shape index (κ3) is 2.71. The molecule has 3 aromatic heterocycles. The lowest BCUT2D eigenvalue weighted by atomic mass is 10.1. The molecule has 3 heteroatoms. The minimum Gasteiger partial charge on any atom is -0.309 e. The predicted octanol–water partition coefficient (Wildman–Crippen LogP) is 9.26. The first-order chi connectivity index (χ1) is 19.4. The van der Waals surface area contributed by atoms with Crippen molar-refractivity contribution in [2.45, 2.75) is 0 Å². The number of nitrogens with zero attached hydrogens (tertiary/aromatic N) is 3. The Hall–Kier alpha value is -5.28. The molecule has 0 aliphatic carbocycles. The van der Waals surface area contributed by atoms with Gasteiger partial charge in [-0.05, 0) is 66.7 Å². The van der Waals surface area contributed by atoms with Crippen molar-refractivity contribution in [2.24, 2.45) is 0 Å². The summed E-state index contributed by atoms with van der Waals surface area (Å²) in [5.41, 5.74) is 10.9. The molecule has 0 saturated carbocycles. The Labute approximate surface area is 224 Å². The maximum absolute atomic E-state index is 2.44. The standard InChI is InChI=1S/C36H23N3/c1-3-11-24(12-4-1)37-29-16-8-7-15-27(29)28-22-21-26(23-34(28)37)39-32-19-9-17-30-35(32)36-31(18-10-20-33(36)39)38(30)25-13-5-2-6-14-25/h1-23H. The Morgan fingerprint density at radius 2 is 0.718 bits per heavy atom. The summed E-state index contributed by atoms with van der Waals surface area (Å²) < 4.78 is 7.22.